The second kappa shape index (κ2) is 5.84. The molecule has 0 radical (unpaired) electrons. The van der Waals surface area contributed by atoms with Crippen molar-refractivity contribution in [3.05, 3.63) is 57.8 Å². The summed E-state index contributed by atoms with van der Waals surface area (Å²) in [6.07, 6.45) is 3.34. The van der Waals surface area contributed by atoms with Gasteiger partial charge >= 0.3 is 5.97 Å². The summed E-state index contributed by atoms with van der Waals surface area (Å²) in [5.41, 5.74) is 1.87. The average Bonchev–Trinajstić information content (AvgIpc) is 2.38. The molecule has 0 aliphatic rings. The van der Waals surface area contributed by atoms with E-state index < -0.39 is 5.97 Å². The molecule has 1 aromatic heterocycles. The number of aromatic nitrogens is 1. The Morgan fingerprint density at radius 2 is 2.05 bits per heavy atom. The highest BCUT2D eigenvalue weighted by atomic mass is 79.9. The standard InChI is InChI=1S/C14H12BrNO3/c1-9-6-11(15)7-12(14(17)18)13(9)19-8-10-2-4-16-5-3-10/h2-7H,8H2,1H3,(H,17,18). The number of aromatic carboxylic acids is 1. The van der Waals surface area contributed by atoms with Crippen LogP contribution in [0, 0.1) is 6.92 Å². The van der Waals surface area contributed by atoms with Gasteiger partial charge in [0.2, 0.25) is 0 Å². The van der Waals surface area contributed by atoms with Crippen LogP contribution in [0.1, 0.15) is 21.5 Å². The molecule has 0 bridgehead atoms. The average molecular weight is 322 g/mol. The van der Waals surface area contributed by atoms with E-state index in [2.05, 4.69) is 20.9 Å². The number of hydrogen-bond acceptors (Lipinski definition) is 3. The van der Waals surface area contributed by atoms with Gasteiger partial charge in [-0.2, -0.15) is 0 Å². The first kappa shape index (κ1) is 13.5. The lowest BCUT2D eigenvalue weighted by atomic mass is 10.1. The smallest absolute Gasteiger partial charge is 0.339 e. The van der Waals surface area contributed by atoms with E-state index in [0.717, 1.165) is 15.6 Å². The molecule has 4 nitrogen and oxygen atoms in total. The predicted octanol–water partition coefficient (Wildman–Crippen LogP) is 3.43. The number of ether oxygens (including phenoxy) is 1. The molecule has 0 fully saturated rings. The van der Waals surface area contributed by atoms with Crippen molar-refractivity contribution in [3.63, 3.8) is 0 Å². The van der Waals surface area contributed by atoms with Gasteiger partial charge in [-0.1, -0.05) is 15.9 Å². The van der Waals surface area contributed by atoms with Crippen molar-refractivity contribution in [1.29, 1.82) is 0 Å². The molecule has 0 saturated carbocycles. The number of carbonyl (C=O) groups is 1. The minimum Gasteiger partial charge on any atom is -0.488 e. The maximum atomic E-state index is 11.2. The van der Waals surface area contributed by atoms with Crippen LogP contribution in [-0.4, -0.2) is 16.1 Å². The molecule has 19 heavy (non-hydrogen) atoms. The molecular weight excluding hydrogens is 310 g/mol. The Kier molecular flexibility index (Phi) is 4.16. The van der Waals surface area contributed by atoms with Gasteiger partial charge in [-0.25, -0.2) is 4.79 Å². The fourth-order valence-corrected chi connectivity index (χ4v) is 2.29. The van der Waals surface area contributed by atoms with E-state index >= 15 is 0 Å². The SMILES string of the molecule is Cc1cc(Br)cc(C(=O)O)c1OCc1ccncc1. The van der Waals surface area contributed by atoms with Gasteiger partial charge in [0, 0.05) is 16.9 Å². The number of aryl methyl sites for hydroxylation is 1. The van der Waals surface area contributed by atoms with Crippen LogP contribution < -0.4 is 4.74 Å². The van der Waals surface area contributed by atoms with E-state index in [-0.39, 0.29) is 5.56 Å². The quantitative estimate of drug-likeness (QED) is 0.937. The van der Waals surface area contributed by atoms with Gasteiger partial charge < -0.3 is 9.84 Å². The fraction of sp³-hybridized carbons (Fsp3) is 0.143. The molecule has 0 amide bonds. The van der Waals surface area contributed by atoms with Crippen molar-refractivity contribution >= 4 is 21.9 Å². The zero-order valence-corrected chi connectivity index (χ0v) is 11.8. The second-order valence-electron chi connectivity index (χ2n) is 4.05. The Labute approximate surface area is 119 Å². The molecule has 2 rings (SSSR count). The van der Waals surface area contributed by atoms with Crippen LogP contribution in [0.4, 0.5) is 0 Å². The second-order valence-corrected chi connectivity index (χ2v) is 4.96. The highest BCUT2D eigenvalue weighted by Gasteiger charge is 2.15. The third kappa shape index (κ3) is 3.32. The predicted molar refractivity (Wildman–Crippen MR) is 74.4 cm³/mol. The summed E-state index contributed by atoms with van der Waals surface area (Å²) in [6, 6.07) is 7.02. The zero-order chi connectivity index (χ0) is 13.8. The van der Waals surface area contributed by atoms with E-state index in [1.54, 1.807) is 12.4 Å². The van der Waals surface area contributed by atoms with Gasteiger partial charge in [-0.3, -0.25) is 4.98 Å². The van der Waals surface area contributed by atoms with E-state index in [1.807, 2.05) is 25.1 Å². The first-order valence-corrected chi connectivity index (χ1v) is 6.42. The van der Waals surface area contributed by atoms with Crippen molar-refractivity contribution in [2.45, 2.75) is 13.5 Å². The third-order valence-electron chi connectivity index (χ3n) is 2.60. The van der Waals surface area contributed by atoms with E-state index in [1.165, 1.54) is 6.07 Å². The van der Waals surface area contributed by atoms with Crippen LogP contribution in [0.3, 0.4) is 0 Å². The van der Waals surface area contributed by atoms with E-state index in [0.29, 0.717) is 12.4 Å². The molecule has 0 aliphatic carbocycles. The maximum absolute atomic E-state index is 11.2. The number of hydrogen-bond donors (Lipinski definition) is 1. The normalized spacial score (nSPS) is 10.2. The lowest BCUT2D eigenvalue weighted by Crippen LogP contribution is -2.05. The largest absolute Gasteiger partial charge is 0.488 e. The van der Waals surface area contributed by atoms with Crippen LogP contribution in [0.2, 0.25) is 0 Å². The molecule has 2 aromatic rings. The molecule has 0 saturated heterocycles. The Hall–Kier alpha value is -1.88. The van der Waals surface area contributed by atoms with Crippen molar-refractivity contribution in [2.24, 2.45) is 0 Å². The summed E-state index contributed by atoms with van der Waals surface area (Å²) in [7, 11) is 0. The Morgan fingerprint density at radius 1 is 1.37 bits per heavy atom. The third-order valence-corrected chi connectivity index (χ3v) is 3.06. The molecule has 1 aromatic carbocycles. The summed E-state index contributed by atoms with van der Waals surface area (Å²) >= 11 is 3.28. The molecule has 5 heteroatoms. The van der Waals surface area contributed by atoms with Crippen molar-refractivity contribution in [3.8, 4) is 5.75 Å². The first-order valence-electron chi connectivity index (χ1n) is 5.63. The Balaban J connectivity index is 2.27. The molecule has 0 atom stereocenters. The first-order chi connectivity index (χ1) is 9.08. The van der Waals surface area contributed by atoms with Gasteiger partial charge in [0.1, 0.15) is 17.9 Å². The molecule has 1 heterocycles. The van der Waals surface area contributed by atoms with Gasteiger partial charge in [0.05, 0.1) is 0 Å². The molecule has 0 spiro atoms. The van der Waals surface area contributed by atoms with Gasteiger partial charge in [-0.15, -0.1) is 0 Å². The van der Waals surface area contributed by atoms with Crippen molar-refractivity contribution in [2.75, 3.05) is 0 Å². The molecule has 0 unspecified atom stereocenters. The summed E-state index contributed by atoms with van der Waals surface area (Å²) < 4.78 is 6.36. The van der Waals surface area contributed by atoms with Crippen LogP contribution in [0.5, 0.6) is 5.75 Å². The lowest BCUT2D eigenvalue weighted by molar-refractivity contribution is 0.0691. The number of pyridine rings is 1. The van der Waals surface area contributed by atoms with E-state index in [9.17, 15) is 9.90 Å². The fourth-order valence-electron chi connectivity index (χ4n) is 1.71. The van der Waals surface area contributed by atoms with Crippen LogP contribution in [0.15, 0.2) is 41.1 Å². The van der Waals surface area contributed by atoms with Crippen LogP contribution in [-0.2, 0) is 6.61 Å². The zero-order valence-electron chi connectivity index (χ0n) is 10.3. The van der Waals surface area contributed by atoms with Crippen molar-refractivity contribution < 1.29 is 14.6 Å². The minimum atomic E-state index is -1.01. The highest BCUT2D eigenvalue weighted by molar-refractivity contribution is 9.10. The number of rotatable bonds is 4. The maximum Gasteiger partial charge on any atom is 0.339 e. The Bertz CT molecular complexity index is 599. The van der Waals surface area contributed by atoms with Gasteiger partial charge in [0.25, 0.3) is 0 Å². The topological polar surface area (TPSA) is 59.4 Å². The monoisotopic (exact) mass is 321 g/mol. The lowest BCUT2D eigenvalue weighted by Gasteiger charge is -2.12. The minimum absolute atomic E-state index is 0.154. The van der Waals surface area contributed by atoms with E-state index in [4.69, 9.17) is 4.74 Å². The summed E-state index contributed by atoms with van der Waals surface area (Å²) in [6.45, 7) is 2.13. The molecular formula is C14H12BrNO3. The number of carboxylic acid groups (broad SMARTS) is 1. The summed E-state index contributed by atoms with van der Waals surface area (Å²) in [5, 5.41) is 9.20. The van der Waals surface area contributed by atoms with Gasteiger partial charge in [-0.05, 0) is 42.3 Å². The summed E-state index contributed by atoms with van der Waals surface area (Å²) in [4.78, 5) is 15.1. The molecule has 0 aliphatic heterocycles. The highest BCUT2D eigenvalue weighted by Crippen LogP contribution is 2.28. The Morgan fingerprint density at radius 3 is 2.68 bits per heavy atom. The van der Waals surface area contributed by atoms with Crippen LogP contribution in [0.25, 0.3) is 0 Å². The molecule has 1 N–H and O–H groups in total. The van der Waals surface area contributed by atoms with Gasteiger partial charge in [0.15, 0.2) is 0 Å². The number of carboxylic acids is 1. The summed E-state index contributed by atoms with van der Waals surface area (Å²) in [5.74, 6) is -0.610. The van der Waals surface area contributed by atoms with Crippen molar-refractivity contribution in [1.82, 2.24) is 4.98 Å². The number of benzene rings is 1. The number of nitrogens with zero attached hydrogens (tertiary/aromatic N) is 1. The molecule has 98 valence electrons. The van der Waals surface area contributed by atoms with Crippen LogP contribution >= 0.6 is 15.9 Å². The number of halogens is 1.